The number of aromatic nitrogens is 4. The van der Waals surface area contributed by atoms with Crippen LogP contribution in [0.3, 0.4) is 0 Å². The van der Waals surface area contributed by atoms with Gasteiger partial charge in [-0.05, 0) is 60.9 Å². The van der Waals surface area contributed by atoms with Crippen LogP contribution in [-0.4, -0.2) is 43.6 Å². The molecule has 2 aromatic heterocycles. The third kappa shape index (κ3) is 4.46. The lowest BCUT2D eigenvalue weighted by Gasteiger charge is -2.33. The summed E-state index contributed by atoms with van der Waals surface area (Å²) < 4.78 is 16.1. The highest BCUT2D eigenvalue weighted by Crippen LogP contribution is 2.26. The van der Waals surface area contributed by atoms with E-state index in [1.54, 1.807) is 24.3 Å². The van der Waals surface area contributed by atoms with E-state index in [1.165, 1.54) is 18.2 Å². The minimum atomic E-state index is -0.544. The van der Waals surface area contributed by atoms with Crippen LogP contribution in [0.2, 0.25) is 5.02 Å². The molecule has 3 heterocycles. The Kier molecular flexibility index (Phi) is 5.92. The minimum absolute atomic E-state index is 0.137. The quantitative estimate of drug-likeness (QED) is 0.322. The van der Waals surface area contributed by atoms with Crippen LogP contribution in [0.5, 0.6) is 0 Å². The summed E-state index contributed by atoms with van der Waals surface area (Å²) in [4.78, 5) is 23.9. The van der Waals surface area contributed by atoms with Crippen molar-refractivity contribution in [3.05, 3.63) is 93.5 Å². The average molecular weight is 519 g/mol. The molecular weight excluding hydrogens is 495 g/mol. The number of nitrogens with zero attached hydrogens (tertiary/aromatic N) is 5. The molecule has 0 spiro atoms. The Bertz CT molecular complexity index is 1660. The molecule has 0 bridgehead atoms. The van der Waals surface area contributed by atoms with Crippen LogP contribution in [0.15, 0.2) is 71.5 Å². The van der Waals surface area contributed by atoms with E-state index in [-0.39, 0.29) is 23.2 Å². The highest BCUT2D eigenvalue weighted by atomic mass is 35.5. The number of rotatable bonds is 5. The van der Waals surface area contributed by atoms with Crippen molar-refractivity contribution in [3.8, 4) is 0 Å². The predicted molar refractivity (Wildman–Crippen MR) is 142 cm³/mol. The lowest BCUT2D eigenvalue weighted by molar-refractivity contribution is 0.175. The summed E-state index contributed by atoms with van der Waals surface area (Å²) in [6, 6.07) is 19.4. The van der Waals surface area contributed by atoms with Crippen molar-refractivity contribution in [2.24, 2.45) is 0 Å². The number of halogens is 2. The van der Waals surface area contributed by atoms with Gasteiger partial charge < -0.3 is 20.0 Å². The molecule has 1 saturated heterocycles. The zero-order chi connectivity index (χ0) is 25.5. The summed E-state index contributed by atoms with van der Waals surface area (Å²) in [5, 5.41) is 14.8. The molecule has 8 nitrogen and oxygen atoms in total. The topological polar surface area (TPSA) is 88.2 Å². The van der Waals surface area contributed by atoms with Gasteiger partial charge in [-0.1, -0.05) is 35.9 Å². The fraction of sp³-hybridized carbons (Fsp3) is 0.222. The summed E-state index contributed by atoms with van der Waals surface area (Å²) in [5.41, 5.74) is 2.81. The first-order valence-corrected chi connectivity index (χ1v) is 12.5. The first-order chi connectivity index (χ1) is 18.0. The number of imidazole rings is 1. The Morgan fingerprint density at radius 3 is 2.54 bits per heavy atom. The number of benzene rings is 3. The van der Waals surface area contributed by atoms with Gasteiger partial charge in [0.05, 0.1) is 28.5 Å². The highest BCUT2D eigenvalue weighted by Gasteiger charge is 2.25. The monoisotopic (exact) mass is 518 g/mol. The molecule has 1 aliphatic heterocycles. The largest absolute Gasteiger partial charge is 0.422 e. The summed E-state index contributed by atoms with van der Waals surface area (Å²) in [6.07, 6.45) is 1.52. The molecule has 0 amide bonds. The van der Waals surface area contributed by atoms with Gasteiger partial charge >= 0.3 is 0 Å². The number of fused-ring (bicyclic) bond motifs is 2. The number of hydrogen-bond acceptors (Lipinski definition) is 6. The molecule has 0 aliphatic carbocycles. The first-order valence-electron chi connectivity index (χ1n) is 12.1. The lowest BCUT2D eigenvalue weighted by Crippen LogP contribution is -2.42. The fourth-order valence-electron chi connectivity index (χ4n) is 4.87. The van der Waals surface area contributed by atoms with Crippen LogP contribution < -0.4 is 15.8 Å². The van der Waals surface area contributed by atoms with Crippen molar-refractivity contribution in [1.82, 2.24) is 19.3 Å². The molecular formula is C27H24ClFN6O2. The van der Waals surface area contributed by atoms with E-state index >= 15 is 0 Å². The molecule has 37 heavy (non-hydrogen) atoms. The summed E-state index contributed by atoms with van der Waals surface area (Å²) in [6.45, 7) is 1.76. The van der Waals surface area contributed by atoms with E-state index in [2.05, 4.69) is 14.9 Å². The fourth-order valence-corrected chi connectivity index (χ4v) is 5.04. The summed E-state index contributed by atoms with van der Waals surface area (Å²) >= 11 is 6.01. The minimum Gasteiger partial charge on any atom is -0.422 e. The van der Waals surface area contributed by atoms with Crippen molar-refractivity contribution >= 4 is 45.4 Å². The number of nitrogens with one attached hydrogen (secondary N) is 1. The summed E-state index contributed by atoms with van der Waals surface area (Å²) in [7, 11) is 0. The van der Waals surface area contributed by atoms with Crippen LogP contribution in [0.25, 0.3) is 21.9 Å². The Morgan fingerprint density at radius 2 is 1.76 bits per heavy atom. The molecule has 2 N–H and O–H groups in total. The Morgan fingerprint density at radius 1 is 1.00 bits per heavy atom. The smallest absolute Gasteiger partial charge is 0.295 e. The van der Waals surface area contributed by atoms with Gasteiger partial charge in [0.25, 0.3) is 5.56 Å². The Labute approximate surface area is 216 Å². The van der Waals surface area contributed by atoms with Crippen molar-refractivity contribution in [2.45, 2.75) is 25.4 Å². The van der Waals surface area contributed by atoms with E-state index in [0.717, 1.165) is 35.4 Å². The normalized spacial score (nSPS) is 14.5. The molecule has 1 fully saturated rings. The molecule has 10 heteroatoms. The molecule has 0 saturated carbocycles. The molecule has 1 aliphatic rings. The first kappa shape index (κ1) is 23.3. The SMILES string of the molecule is O=c1c2cc(Cl)ccc2nc(N2CCC(Nc3nc4ccccc4n3Cc3ccc(F)cc3)CC2)n1O. The Hall–Kier alpha value is -4.11. The van der Waals surface area contributed by atoms with Gasteiger partial charge in [-0.2, -0.15) is 0 Å². The van der Waals surface area contributed by atoms with E-state index in [4.69, 9.17) is 16.6 Å². The van der Waals surface area contributed by atoms with E-state index in [9.17, 15) is 14.4 Å². The van der Waals surface area contributed by atoms with Gasteiger partial charge in [0, 0.05) is 24.2 Å². The van der Waals surface area contributed by atoms with Gasteiger partial charge in [0.2, 0.25) is 11.9 Å². The molecule has 5 aromatic rings. The average Bonchev–Trinajstić information content (AvgIpc) is 3.25. The standard InChI is InChI=1S/C27H24ClFN6O2/c28-18-7-10-22-21(15-18)25(36)35(37)27(32-22)33-13-11-20(12-14-33)30-26-31-23-3-1-2-4-24(23)34(26)16-17-5-8-19(29)9-6-17/h1-10,15,20,37H,11-14,16H2,(H,30,31). The number of hydrogen-bond donors (Lipinski definition) is 2. The predicted octanol–water partition coefficient (Wildman–Crippen LogP) is 4.91. The molecule has 188 valence electrons. The second-order valence-electron chi connectivity index (χ2n) is 9.23. The molecule has 0 atom stereocenters. The van der Waals surface area contributed by atoms with Crippen molar-refractivity contribution in [3.63, 3.8) is 0 Å². The number of para-hydroxylation sites is 2. The number of anilines is 2. The second kappa shape index (κ2) is 9.40. The molecule has 6 rings (SSSR count). The van der Waals surface area contributed by atoms with Crippen LogP contribution in [0.1, 0.15) is 18.4 Å². The molecule has 3 aromatic carbocycles. The van der Waals surface area contributed by atoms with Gasteiger partial charge in [0.1, 0.15) is 5.82 Å². The number of piperidine rings is 1. The maximum atomic E-state index is 13.4. The van der Waals surface area contributed by atoms with Crippen LogP contribution in [0.4, 0.5) is 16.3 Å². The van der Waals surface area contributed by atoms with Gasteiger partial charge in [-0.3, -0.25) is 4.79 Å². The van der Waals surface area contributed by atoms with Crippen LogP contribution in [0, 0.1) is 5.82 Å². The highest BCUT2D eigenvalue weighted by molar-refractivity contribution is 6.31. The van der Waals surface area contributed by atoms with Crippen molar-refractivity contribution < 1.29 is 9.60 Å². The lowest BCUT2D eigenvalue weighted by atomic mass is 10.1. The third-order valence-corrected chi connectivity index (χ3v) is 7.05. The zero-order valence-corrected chi connectivity index (χ0v) is 20.6. The van der Waals surface area contributed by atoms with Gasteiger partial charge in [0.15, 0.2) is 0 Å². The van der Waals surface area contributed by atoms with E-state index < -0.39 is 5.56 Å². The van der Waals surface area contributed by atoms with Crippen LogP contribution >= 0.6 is 11.6 Å². The maximum absolute atomic E-state index is 13.4. The van der Waals surface area contributed by atoms with E-state index in [1.807, 2.05) is 29.2 Å². The maximum Gasteiger partial charge on any atom is 0.295 e. The molecule has 0 unspecified atom stereocenters. The van der Waals surface area contributed by atoms with Crippen LogP contribution in [-0.2, 0) is 6.54 Å². The second-order valence-corrected chi connectivity index (χ2v) is 9.67. The third-order valence-electron chi connectivity index (χ3n) is 6.81. The summed E-state index contributed by atoms with van der Waals surface area (Å²) in [5.74, 6) is 0.716. The zero-order valence-electron chi connectivity index (χ0n) is 19.8. The van der Waals surface area contributed by atoms with Gasteiger partial charge in [-0.25, -0.2) is 14.4 Å². The van der Waals surface area contributed by atoms with Gasteiger partial charge in [-0.15, -0.1) is 4.73 Å². The van der Waals surface area contributed by atoms with Crippen molar-refractivity contribution in [2.75, 3.05) is 23.3 Å². The van der Waals surface area contributed by atoms with E-state index in [0.29, 0.717) is 34.9 Å². The Balaban J connectivity index is 1.22. The molecule has 0 radical (unpaired) electrons. The van der Waals surface area contributed by atoms with Crippen molar-refractivity contribution in [1.29, 1.82) is 0 Å².